The molecule has 0 bridgehead atoms. The number of aromatic nitrogens is 3. The lowest BCUT2D eigenvalue weighted by Crippen LogP contribution is -2.03. The maximum Gasteiger partial charge on any atom is 0.224 e. The first kappa shape index (κ1) is 16.2. The number of halogens is 2. The minimum Gasteiger partial charge on any atom is -0.480 e. The highest BCUT2D eigenvalue weighted by atomic mass is 19.1. The first-order chi connectivity index (χ1) is 12.6. The van der Waals surface area contributed by atoms with E-state index >= 15 is 0 Å². The van der Waals surface area contributed by atoms with E-state index in [4.69, 9.17) is 4.74 Å². The Morgan fingerprint density at radius 3 is 2.46 bits per heavy atom. The van der Waals surface area contributed by atoms with Gasteiger partial charge in [-0.2, -0.15) is 5.10 Å². The smallest absolute Gasteiger partial charge is 0.224 e. The van der Waals surface area contributed by atoms with Crippen LogP contribution in [0.2, 0.25) is 0 Å². The van der Waals surface area contributed by atoms with E-state index in [-0.39, 0.29) is 5.69 Å². The van der Waals surface area contributed by atoms with Crippen molar-refractivity contribution in [3.05, 3.63) is 78.8 Å². The number of benzene rings is 2. The van der Waals surface area contributed by atoms with Gasteiger partial charge in [-0.3, -0.25) is 0 Å². The summed E-state index contributed by atoms with van der Waals surface area (Å²) in [7, 11) is 1.49. The standard InChI is InChI=1S/C20H14F2N3O/c1-12-5-3-6-13(11-12)18-17-16(9-10-23-20(17)26-2)25(24-18)19-14(21)7-4-8-15(19)22/h3-11H,1H2,2H3. The SMILES string of the molecule is [CH2]c1cccc(-c2nn(-c3c(F)cccc3F)c3ccnc(OC)c23)c1. The zero-order valence-corrected chi connectivity index (χ0v) is 13.9. The first-order valence-electron chi connectivity index (χ1n) is 7.88. The van der Waals surface area contributed by atoms with E-state index in [0.717, 1.165) is 11.1 Å². The topological polar surface area (TPSA) is 39.9 Å². The van der Waals surface area contributed by atoms with Crippen LogP contribution in [-0.2, 0) is 0 Å². The lowest BCUT2D eigenvalue weighted by molar-refractivity contribution is 0.403. The molecule has 0 aliphatic carbocycles. The van der Waals surface area contributed by atoms with Crippen molar-refractivity contribution in [1.82, 2.24) is 14.8 Å². The average Bonchev–Trinajstić information content (AvgIpc) is 3.01. The van der Waals surface area contributed by atoms with Gasteiger partial charge >= 0.3 is 0 Å². The highest BCUT2D eigenvalue weighted by Gasteiger charge is 2.21. The van der Waals surface area contributed by atoms with Crippen LogP contribution >= 0.6 is 0 Å². The summed E-state index contributed by atoms with van der Waals surface area (Å²) >= 11 is 0. The van der Waals surface area contributed by atoms with Crippen LogP contribution in [0.3, 0.4) is 0 Å². The number of rotatable bonds is 3. The summed E-state index contributed by atoms with van der Waals surface area (Å²) in [5.74, 6) is -1.08. The lowest BCUT2D eigenvalue weighted by Gasteiger charge is -2.06. The number of ether oxygens (including phenoxy) is 1. The average molecular weight is 350 g/mol. The van der Waals surface area contributed by atoms with Gasteiger partial charge in [0, 0.05) is 11.8 Å². The van der Waals surface area contributed by atoms with Crippen LogP contribution in [0.4, 0.5) is 8.78 Å². The van der Waals surface area contributed by atoms with Crippen molar-refractivity contribution in [2.24, 2.45) is 0 Å². The predicted octanol–water partition coefficient (Wildman–Crippen LogP) is 4.56. The summed E-state index contributed by atoms with van der Waals surface area (Å²) in [6.45, 7) is 3.92. The van der Waals surface area contributed by atoms with Gasteiger partial charge < -0.3 is 4.74 Å². The third-order valence-corrected chi connectivity index (χ3v) is 4.10. The molecular weight excluding hydrogens is 336 g/mol. The molecule has 0 unspecified atom stereocenters. The highest BCUT2D eigenvalue weighted by Crippen LogP contribution is 2.35. The maximum absolute atomic E-state index is 14.4. The molecule has 0 atom stereocenters. The van der Waals surface area contributed by atoms with Crippen LogP contribution < -0.4 is 4.74 Å². The Morgan fingerprint density at radius 2 is 1.77 bits per heavy atom. The van der Waals surface area contributed by atoms with Gasteiger partial charge in [-0.15, -0.1) is 0 Å². The van der Waals surface area contributed by atoms with Gasteiger partial charge in [-0.25, -0.2) is 18.4 Å². The number of pyridine rings is 1. The minimum atomic E-state index is -0.706. The molecule has 2 aromatic heterocycles. The molecule has 0 N–H and O–H groups in total. The summed E-state index contributed by atoms with van der Waals surface area (Å²) in [6.07, 6.45) is 1.51. The molecular formula is C20H14F2N3O. The van der Waals surface area contributed by atoms with Crippen LogP contribution in [0.1, 0.15) is 5.56 Å². The molecule has 0 fully saturated rings. The maximum atomic E-state index is 14.4. The van der Waals surface area contributed by atoms with Crippen LogP contribution in [0, 0.1) is 18.6 Å². The number of hydrogen-bond acceptors (Lipinski definition) is 3. The van der Waals surface area contributed by atoms with Crippen molar-refractivity contribution in [3.8, 4) is 22.8 Å². The zero-order valence-electron chi connectivity index (χ0n) is 13.9. The van der Waals surface area contributed by atoms with Crippen molar-refractivity contribution < 1.29 is 13.5 Å². The quantitative estimate of drug-likeness (QED) is 0.544. The lowest BCUT2D eigenvalue weighted by atomic mass is 10.1. The first-order valence-corrected chi connectivity index (χ1v) is 7.88. The van der Waals surface area contributed by atoms with E-state index in [0.29, 0.717) is 22.5 Å². The van der Waals surface area contributed by atoms with E-state index in [1.807, 2.05) is 24.3 Å². The second-order valence-corrected chi connectivity index (χ2v) is 5.75. The van der Waals surface area contributed by atoms with Gasteiger partial charge in [0.15, 0.2) is 11.6 Å². The summed E-state index contributed by atoms with van der Waals surface area (Å²) in [5, 5.41) is 5.06. The third-order valence-electron chi connectivity index (χ3n) is 4.10. The van der Waals surface area contributed by atoms with E-state index in [1.54, 1.807) is 6.07 Å². The second kappa shape index (κ2) is 6.22. The molecule has 0 aliphatic rings. The molecule has 6 heteroatoms. The van der Waals surface area contributed by atoms with E-state index in [1.165, 1.54) is 36.2 Å². The van der Waals surface area contributed by atoms with Gasteiger partial charge in [0.05, 0.1) is 18.0 Å². The summed E-state index contributed by atoms with van der Waals surface area (Å²) in [4.78, 5) is 4.21. The molecule has 26 heavy (non-hydrogen) atoms. The Labute approximate surface area is 148 Å². The Balaban J connectivity index is 2.11. The van der Waals surface area contributed by atoms with Crippen molar-refractivity contribution >= 4 is 10.9 Å². The van der Waals surface area contributed by atoms with Crippen molar-refractivity contribution in [2.75, 3.05) is 7.11 Å². The number of methoxy groups -OCH3 is 1. The number of fused-ring (bicyclic) bond motifs is 1. The number of hydrogen-bond donors (Lipinski definition) is 0. The molecule has 2 aromatic carbocycles. The largest absolute Gasteiger partial charge is 0.480 e. The Morgan fingerprint density at radius 1 is 1.04 bits per heavy atom. The van der Waals surface area contributed by atoms with Gasteiger partial charge in [0.25, 0.3) is 0 Å². The van der Waals surface area contributed by atoms with Crippen LogP contribution in [0.5, 0.6) is 5.88 Å². The predicted molar refractivity (Wildman–Crippen MR) is 95.2 cm³/mol. The second-order valence-electron chi connectivity index (χ2n) is 5.75. The molecule has 4 nitrogen and oxygen atoms in total. The molecule has 4 aromatic rings. The molecule has 0 aliphatic heterocycles. The van der Waals surface area contributed by atoms with Gasteiger partial charge in [-0.05, 0) is 36.8 Å². The molecule has 129 valence electrons. The molecule has 0 amide bonds. The zero-order chi connectivity index (χ0) is 18.3. The van der Waals surface area contributed by atoms with Crippen LogP contribution in [-0.4, -0.2) is 21.9 Å². The Hall–Kier alpha value is -3.28. The normalized spacial score (nSPS) is 11.1. The highest BCUT2D eigenvalue weighted by molar-refractivity contribution is 5.97. The van der Waals surface area contributed by atoms with Gasteiger partial charge in [0.1, 0.15) is 11.4 Å². The Kier molecular flexibility index (Phi) is 3.88. The van der Waals surface area contributed by atoms with Gasteiger partial charge in [-0.1, -0.05) is 24.3 Å². The fourth-order valence-electron chi connectivity index (χ4n) is 2.97. The number of nitrogens with zero attached hydrogens (tertiary/aromatic N) is 3. The summed E-state index contributed by atoms with van der Waals surface area (Å²) < 4.78 is 35.3. The van der Waals surface area contributed by atoms with Crippen molar-refractivity contribution in [3.63, 3.8) is 0 Å². The number of para-hydroxylation sites is 1. The molecule has 0 spiro atoms. The molecule has 0 saturated heterocycles. The van der Waals surface area contributed by atoms with Crippen LogP contribution in [0.25, 0.3) is 27.8 Å². The van der Waals surface area contributed by atoms with Gasteiger partial charge in [0.2, 0.25) is 5.88 Å². The van der Waals surface area contributed by atoms with E-state index in [2.05, 4.69) is 17.0 Å². The summed E-state index contributed by atoms with van der Waals surface area (Å²) in [5.41, 5.74) is 2.31. The summed E-state index contributed by atoms with van der Waals surface area (Å²) in [6, 6.07) is 12.7. The monoisotopic (exact) mass is 350 g/mol. The molecule has 1 radical (unpaired) electrons. The van der Waals surface area contributed by atoms with Crippen LogP contribution in [0.15, 0.2) is 54.7 Å². The van der Waals surface area contributed by atoms with E-state index < -0.39 is 11.6 Å². The van der Waals surface area contributed by atoms with E-state index in [9.17, 15) is 8.78 Å². The fraction of sp³-hybridized carbons (Fsp3) is 0.0500. The molecule has 0 saturated carbocycles. The van der Waals surface area contributed by atoms with Crippen molar-refractivity contribution in [1.29, 1.82) is 0 Å². The Bertz CT molecular complexity index is 1100. The molecule has 2 heterocycles. The third kappa shape index (κ3) is 2.50. The fourth-order valence-corrected chi connectivity index (χ4v) is 2.97. The minimum absolute atomic E-state index is 0.247. The van der Waals surface area contributed by atoms with Crippen molar-refractivity contribution in [2.45, 2.75) is 0 Å². The molecule has 4 rings (SSSR count).